The average molecular weight is 242 g/mol. The summed E-state index contributed by atoms with van der Waals surface area (Å²) in [6.07, 6.45) is 2.67. The highest BCUT2D eigenvalue weighted by Gasteiger charge is 2.02. The number of benzene rings is 1. The monoisotopic (exact) mass is 241 g/mol. The first-order chi connectivity index (χ1) is 7.15. The van der Waals surface area contributed by atoms with Crippen LogP contribution in [0.3, 0.4) is 0 Å². The zero-order valence-electron chi connectivity index (χ0n) is 8.80. The molecule has 15 heavy (non-hydrogen) atoms. The van der Waals surface area contributed by atoms with Crippen LogP contribution in [0, 0.1) is 6.92 Å². The summed E-state index contributed by atoms with van der Waals surface area (Å²) in [7, 11) is 0. The first-order valence-electron chi connectivity index (χ1n) is 4.81. The lowest BCUT2D eigenvalue weighted by atomic mass is 10.1. The molecule has 1 rings (SSSR count). The fourth-order valence-electron chi connectivity index (χ4n) is 1.17. The van der Waals surface area contributed by atoms with Gasteiger partial charge in [-0.2, -0.15) is 0 Å². The van der Waals surface area contributed by atoms with Crippen molar-refractivity contribution in [2.45, 2.75) is 20.3 Å². The summed E-state index contributed by atoms with van der Waals surface area (Å²) in [4.78, 5) is 4.11. The second kappa shape index (κ2) is 5.94. The quantitative estimate of drug-likeness (QED) is 0.547. The van der Waals surface area contributed by atoms with E-state index in [9.17, 15) is 0 Å². The van der Waals surface area contributed by atoms with E-state index in [1.165, 1.54) is 0 Å². The topological polar surface area (TPSA) is 12.4 Å². The minimum absolute atomic E-state index is 0.433. The zero-order chi connectivity index (χ0) is 11.3. The van der Waals surface area contributed by atoms with Crippen LogP contribution in [-0.4, -0.2) is 5.17 Å². The van der Waals surface area contributed by atoms with Gasteiger partial charge in [0.15, 0.2) is 0 Å². The van der Waals surface area contributed by atoms with Crippen LogP contribution in [0.5, 0.6) is 0 Å². The molecule has 0 aliphatic heterocycles. The van der Waals surface area contributed by atoms with Gasteiger partial charge in [0, 0.05) is 5.56 Å². The smallest absolute Gasteiger partial charge is 0.138 e. The van der Waals surface area contributed by atoms with Crippen molar-refractivity contribution in [1.29, 1.82) is 0 Å². The van der Waals surface area contributed by atoms with Gasteiger partial charge in [0.25, 0.3) is 0 Å². The second-order valence-corrected chi connectivity index (χ2v) is 3.90. The summed E-state index contributed by atoms with van der Waals surface area (Å²) < 4.78 is 0. The SMILES string of the molecule is CC/C=C(Cl)/N=C(/Cl)c1ccccc1C. The molecular formula is C12H13Cl2N. The number of halogens is 2. The van der Waals surface area contributed by atoms with Gasteiger partial charge < -0.3 is 0 Å². The van der Waals surface area contributed by atoms with Gasteiger partial charge in [0.2, 0.25) is 0 Å². The van der Waals surface area contributed by atoms with Crippen molar-refractivity contribution in [3.8, 4) is 0 Å². The highest BCUT2D eigenvalue weighted by Crippen LogP contribution is 2.14. The first-order valence-corrected chi connectivity index (χ1v) is 5.56. The van der Waals surface area contributed by atoms with E-state index >= 15 is 0 Å². The summed E-state index contributed by atoms with van der Waals surface area (Å²) in [5.41, 5.74) is 2.01. The summed E-state index contributed by atoms with van der Waals surface area (Å²) in [5.74, 6) is 0. The molecule has 0 aliphatic carbocycles. The second-order valence-electron chi connectivity index (χ2n) is 3.15. The van der Waals surface area contributed by atoms with E-state index in [-0.39, 0.29) is 0 Å². The summed E-state index contributed by atoms with van der Waals surface area (Å²) in [6.45, 7) is 3.99. The fourth-order valence-corrected chi connectivity index (χ4v) is 1.76. The number of aryl methyl sites for hydroxylation is 1. The molecule has 0 aliphatic rings. The van der Waals surface area contributed by atoms with Crippen molar-refractivity contribution < 1.29 is 0 Å². The largest absolute Gasteiger partial charge is 0.224 e. The molecule has 0 saturated carbocycles. The molecule has 0 spiro atoms. The van der Waals surface area contributed by atoms with Crippen LogP contribution in [0.4, 0.5) is 0 Å². The van der Waals surface area contributed by atoms with Crippen LogP contribution >= 0.6 is 23.2 Å². The van der Waals surface area contributed by atoms with Gasteiger partial charge in [-0.3, -0.25) is 0 Å². The van der Waals surface area contributed by atoms with Crippen molar-refractivity contribution in [3.63, 3.8) is 0 Å². The minimum atomic E-state index is 0.433. The average Bonchev–Trinajstić information content (AvgIpc) is 2.18. The van der Waals surface area contributed by atoms with Crippen LogP contribution in [0.25, 0.3) is 0 Å². The Hall–Kier alpha value is -0.790. The lowest BCUT2D eigenvalue weighted by molar-refractivity contribution is 1.20. The Morgan fingerprint density at radius 2 is 2.00 bits per heavy atom. The summed E-state index contributed by atoms with van der Waals surface area (Å²) in [6, 6.07) is 7.81. The van der Waals surface area contributed by atoms with E-state index in [4.69, 9.17) is 23.2 Å². The molecule has 0 unspecified atom stereocenters. The van der Waals surface area contributed by atoms with Crippen LogP contribution in [0.1, 0.15) is 24.5 Å². The van der Waals surface area contributed by atoms with E-state index in [1.54, 1.807) is 0 Å². The number of hydrogen-bond donors (Lipinski definition) is 0. The van der Waals surface area contributed by atoms with Gasteiger partial charge in [0.05, 0.1) is 0 Å². The zero-order valence-corrected chi connectivity index (χ0v) is 10.3. The molecule has 0 atom stereocenters. The van der Waals surface area contributed by atoms with Crippen molar-refractivity contribution in [2.24, 2.45) is 4.99 Å². The van der Waals surface area contributed by atoms with E-state index in [0.717, 1.165) is 17.5 Å². The Morgan fingerprint density at radius 1 is 1.33 bits per heavy atom. The molecule has 80 valence electrons. The lowest BCUT2D eigenvalue weighted by Gasteiger charge is -2.02. The molecule has 3 heteroatoms. The number of rotatable bonds is 3. The van der Waals surface area contributed by atoms with E-state index in [2.05, 4.69) is 4.99 Å². The van der Waals surface area contributed by atoms with Gasteiger partial charge >= 0.3 is 0 Å². The standard InChI is InChI=1S/C12H13Cl2N/c1-3-6-11(13)15-12(14)10-8-5-4-7-9(10)2/h4-8H,3H2,1-2H3/b11-6+,15-12+. The Bertz CT molecular complexity index is 394. The molecule has 0 aromatic heterocycles. The van der Waals surface area contributed by atoms with Gasteiger partial charge in [-0.25, -0.2) is 4.99 Å². The van der Waals surface area contributed by atoms with Crippen molar-refractivity contribution >= 4 is 28.4 Å². The highest BCUT2D eigenvalue weighted by atomic mass is 35.5. The maximum atomic E-state index is 6.07. The molecule has 0 amide bonds. The van der Waals surface area contributed by atoms with Crippen molar-refractivity contribution in [3.05, 3.63) is 46.6 Å². The molecule has 0 N–H and O–H groups in total. The molecular weight excluding hydrogens is 229 g/mol. The number of aliphatic imine (C=N–C) groups is 1. The molecule has 0 fully saturated rings. The summed E-state index contributed by atoms with van der Waals surface area (Å²) >= 11 is 11.9. The number of hydrogen-bond acceptors (Lipinski definition) is 1. The van der Waals surface area contributed by atoms with Crippen LogP contribution in [0.15, 0.2) is 40.5 Å². The molecule has 1 nitrogen and oxygen atoms in total. The Morgan fingerprint density at radius 3 is 2.60 bits per heavy atom. The molecule has 0 radical (unpaired) electrons. The number of nitrogens with zero attached hydrogens (tertiary/aromatic N) is 1. The molecule has 1 aromatic carbocycles. The van der Waals surface area contributed by atoms with E-state index in [0.29, 0.717) is 10.3 Å². The van der Waals surface area contributed by atoms with Gasteiger partial charge in [-0.05, 0) is 25.0 Å². The Balaban J connectivity index is 2.99. The minimum Gasteiger partial charge on any atom is -0.224 e. The maximum Gasteiger partial charge on any atom is 0.138 e. The normalized spacial score (nSPS) is 13.1. The number of allylic oxidation sites excluding steroid dienone is 1. The molecule has 0 heterocycles. The molecule has 0 saturated heterocycles. The first kappa shape index (κ1) is 12.3. The highest BCUT2D eigenvalue weighted by molar-refractivity contribution is 6.70. The van der Waals surface area contributed by atoms with E-state index < -0.39 is 0 Å². The van der Waals surface area contributed by atoms with Gasteiger partial charge in [0.1, 0.15) is 10.3 Å². The van der Waals surface area contributed by atoms with Crippen LogP contribution in [-0.2, 0) is 0 Å². The van der Waals surface area contributed by atoms with Crippen molar-refractivity contribution in [2.75, 3.05) is 0 Å². The molecule has 0 bridgehead atoms. The maximum absolute atomic E-state index is 6.07. The van der Waals surface area contributed by atoms with Gasteiger partial charge in [-0.15, -0.1) is 0 Å². The summed E-state index contributed by atoms with van der Waals surface area (Å²) in [5, 5.41) is 0.869. The van der Waals surface area contributed by atoms with E-state index in [1.807, 2.05) is 44.2 Å². The third-order valence-corrected chi connectivity index (χ3v) is 2.47. The van der Waals surface area contributed by atoms with Crippen LogP contribution in [0.2, 0.25) is 0 Å². The predicted octanol–water partition coefficient (Wildman–Crippen LogP) is 4.47. The lowest BCUT2D eigenvalue weighted by Crippen LogP contribution is -1.94. The van der Waals surface area contributed by atoms with Crippen LogP contribution < -0.4 is 0 Å². The third-order valence-electron chi connectivity index (χ3n) is 1.94. The Labute approximate surface area is 100 Å². The molecule has 1 aromatic rings. The Kier molecular flexibility index (Phi) is 4.86. The van der Waals surface area contributed by atoms with Crippen molar-refractivity contribution in [1.82, 2.24) is 0 Å². The van der Waals surface area contributed by atoms with Gasteiger partial charge in [-0.1, -0.05) is 54.4 Å². The predicted molar refractivity (Wildman–Crippen MR) is 67.8 cm³/mol. The fraction of sp³-hybridized carbons (Fsp3) is 0.250. The third kappa shape index (κ3) is 3.69.